The molecule has 2 atom stereocenters. The number of halogens is 2. The highest BCUT2D eigenvalue weighted by Gasteiger charge is 2.36. The van der Waals surface area contributed by atoms with Gasteiger partial charge in [0.05, 0.1) is 31.1 Å². The van der Waals surface area contributed by atoms with Gasteiger partial charge in [0.15, 0.2) is 0 Å². The van der Waals surface area contributed by atoms with Crippen molar-refractivity contribution in [2.75, 3.05) is 44.4 Å². The van der Waals surface area contributed by atoms with Crippen LogP contribution in [0.15, 0.2) is 42.7 Å². The smallest absolute Gasteiger partial charge is 0.304 e. The van der Waals surface area contributed by atoms with E-state index in [1.807, 2.05) is 34.7 Å². The van der Waals surface area contributed by atoms with Gasteiger partial charge in [-0.25, -0.2) is 18.5 Å². The third-order valence-electron chi connectivity index (χ3n) is 7.54. The number of rotatable bonds is 10. The molecule has 10 nitrogen and oxygen atoms in total. The van der Waals surface area contributed by atoms with Gasteiger partial charge in [-0.15, -0.1) is 0 Å². The zero-order valence-corrected chi connectivity index (χ0v) is 23.9. The van der Waals surface area contributed by atoms with Crippen LogP contribution >= 0.6 is 0 Å². The van der Waals surface area contributed by atoms with Gasteiger partial charge in [-0.1, -0.05) is 24.6 Å². The molecular weight excluding hydrogens is 556 g/mol. The van der Waals surface area contributed by atoms with Crippen LogP contribution in [0.5, 0.6) is 5.75 Å². The number of pyridine rings is 1. The molecular formula is C28H35F2N5O5S. The SMILES string of the molecule is CCN(CCF)S(=O)(=O)NC(=O)c1cnc2ccc(N3C[C@@H](F)C[C@@H]3c3cc(C)ccc3OC3CCOCC3)cn12. The molecule has 2 saturated heterocycles. The van der Waals surface area contributed by atoms with Crippen LogP contribution in [-0.2, 0) is 14.9 Å². The second-order valence-corrected chi connectivity index (χ2v) is 12.0. The highest BCUT2D eigenvalue weighted by Crippen LogP contribution is 2.42. The Bertz CT molecular complexity index is 1490. The van der Waals surface area contributed by atoms with Crippen LogP contribution in [0.4, 0.5) is 14.5 Å². The number of ether oxygens (including phenoxy) is 2. The van der Waals surface area contributed by atoms with Crippen molar-refractivity contribution in [1.82, 2.24) is 18.4 Å². The van der Waals surface area contributed by atoms with Gasteiger partial charge in [0.2, 0.25) is 0 Å². The van der Waals surface area contributed by atoms with Crippen molar-refractivity contribution in [3.63, 3.8) is 0 Å². The van der Waals surface area contributed by atoms with Gasteiger partial charge < -0.3 is 14.4 Å². The third-order valence-corrected chi connectivity index (χ3v) is 9.10. The van der Waals surface area contributed by atoms with Crippen LogP contribution < -0.4 is 14.4 Å². The van der Waals surface area contributed by atoms with Crippen molar-refractivity contribution in [1.29, 1.82) is 0 Å². The summed E-state index contributed by atoms with van der Waals surface area (Å²) in [5.74, 6) is -0.187. The molecule has 0 bridgehead atoms. The Morgan fingerprint density at radius 1 is 1.24 bits per heavy atom. The zero-order valence-electron chi connectivity index (χ0n) is 23.1. The van der Waals surface area contributed by atoms with E-state index in [0.29, 0.717) is 30.3 Å². The molecule has 5 rings (SSSR count). The standard InChI is InChI=1S/C28H35F2N5O5S/c1-3-33(11-10-29)41(37,38)32-28(36)25-16-31-27-7-5-21(18-35(25)27)34-17-20(30)15-24(34)23-14-19(2)4-6-26(23)40-22-8-12-39-13-9-22/h4-7,14,16,18,20,22,24H,3,8-13,15,17H2,1-2H3,(H,32,36)/t20-,24+/m0/s1. The summed E-state index contributed by atoms with van der Waals surface area (Å²) in [5, 5.41) is 0. The Hall–Kier alpha value is -3.29. The van der Waals surface area contributed by atoms with E-state index in [1.54, 1.807) is 25.3 Å². The predicted molar refractivity (Wildman–Crippen MR) is 150 cm³/mol. The van der Waals surface area contributed by atoms with Crippen molar-refractivity contribution in [3.8, 4) is 5.75 Å². The number of aryl methyl sites for hydroxylation is 1. The summed E-state index contributed by atoms with van der Waals surface area (Å²) in [6, 6.07) is 9.13. The first kappa shape index (κ1) is 29.2. The molecule has 2 aliphatic heterocycles. The molecule has 13 heteroatoms. The number of amides is 1. The van der Waals surface area contributed by atoms with Gasteiger partial charge in [0, 0.05) is 50.7 Å². The summed E-state index contributed by atoms with van der Waals surface area (Å²) < 4.78 is 69.3. The van der Waals surface area contributed by atoms with Crippen molar-refractivity contribution in [2.45, 2.75) is 51.4 Å². The second-order valence-electron chi connectivity index (χ2n) is 10.3. The number of anilines is 1. The van der Waals surface area contributed by atoms with Crippen molar-refractivity contribution in [3.05, 3.63) is 59.5 Å². The van der Waals surface area contributed by atoms with Gasteiger partial charge in [0.1, 0.15) is 36.0 Å². The first-order chi connectivity index (χ1) is 19.7. The van der Waals surface area contributed by atoms with E-state index < -0.39 is 29.0 Å². The summed E-state index contributed by atoms with van der Waals surface area (Å²) in [7, 11) is -4.26. The van der Waals surface area contributed by atoms with E-state index in [9.17, 15) is 17.6 Å². The zero-order chi connectivity index (χ0) is 29.1. The molecule has 0 radical (unpaired) electrons. The van der Waals surface area contributed by atoms with Crippen molar-refractivity contribution < 1.29 is 31.5 Å². The first-order valence-electron chi connectivity index (χ1n) is 13.8. The minimum absolute atomic E-state index is 0.00374. The molecule has 41 heavy (non-hydrogen) atoms. The van der Waals surface area contributed by atoms with Gasteiger partial charge in [0.25, 0.3) is 5.91 Å². The molecule has 0 aliphatic carbocycles. The number of aromatic nitrogens is 2. The molecule has 1 amide bonds. The number of benzene rings is 1. The average molecular weight is 592 g/mol. The Kier molecular flexibility index (Phi) is 8.76. The van der Waals surface area contributed by atoms with Crippen LogP contribution in [0.2, 0.25) is 0 Å². The fourth-order valence-electron chi connectivity index (χ4n) is 5.46. The normalized spacial score (nSPS) is 20.2. The summed E-state index contributed by atoms with van der Waals surface area (Å²) >= 11 is 0. The maximum Gasteiger partial charge on any atom is 0.304 e. The minimum atomic E-state index is -4.26. The molecule has 2 fully saturated rings. The summed E-state index contributed by atoms with van der Waals surface area (Å²) in [6.45, 7) is 3.72. The number of hydrogen-bond acceptors (Lipinski definition) is 7. The highest BCUT2D eigenvalue weighted by molar-refractivity contribution is 7.87. The number of carbonyl (C=O) groups excluding carboxylic acids is 1. The molecule has 4 heterocycles. The number of alkyl halides is 2. The molecule has 0 unspecified atom stereocenters. The maximum atomic E-state index is 15.0. The minimum Gasteiger partial charge on any atom is -0.490 e. The molecule has 3 aromatic rings. The van der Waals surface area contributed by atoms with E-state index >= 15 is 4.39 Å². The van der Waals surface area contributed by atoms with E-state index in [4.69, 9.17) is 9.47 Å². The number of hydrogen-bond donors (Lipinski definition) is 1. The quantitative estimate of drug-likeness (QED) is 0.383. The average Bonchev–Trinajstić information content (AvgIpc) is 3.56. The van der Waals surface area contributed by atoms with Crippen molar-refractivity contribution >= 4 is 27.5 Å². The Morgan fingerprint density at radius 3 is 2.76 bits per heavy atom. The number of nitrogens with zero attached hydrogens (tertiary/aromatic N) is 4. The van der Waals surface area contributed by atoms with Gasteiger partial charge in [-0.05, 0) is 25.1 Å². The Balaban J connectivity index is 1.45. The van der Waals surface area contributed by atoms with E-state index in [-0.39, 0.29) is 43.9 Å². The topological polar surface area (TPSA) is 105 Å². The van der Waals surface area contributed by atoms with Crippen LogP contribution in [0.25, 0.3) is 5.65 Å². The van der Waals surface area contributed by atoms with E-state index in [1.165, 1.54) is 10.6 Å². The fourth-order valence-corrected chi connectivity index (χ4v) is 6.57. The summed E-state index contributed by atoms with van der Waals surface area (Å²) in [6.07, 6.45) is 3.71. The summed E-state index contributed by atoms with van der Waals surface area (Å²) in [4.78, 5) is 19.2. The second kappa shape index (κ2) is 12.3. The lowest BCUT2D eigenvalue weighted by molar-refractivity contribution is 0.0250. The van der Waals surface area contributed by atoms with E-state index in [2.05, 4.69) is 4.98 Å². The Labute approximate surface area is 238 Å². The maximum absolute atomic E-state index is 15.0. The third kappa shape index (κ3) is 6.31. The molecule has 2 aromatic heterocycles. The number of nitrogens with one attached hydrogen (secondary N) is 1. The van der Waals surface area contributed by atoms with Crippen LogP contribution in [0.1, 0.15) is 53.8 Å². The number of fused-ring (bicyclic) bond motifs is 1. The first-order valence-corrected chi connectivity index (χ1v) is 15.2. The molecule has 222 valence electrons. The largest absolute Gasteiger partial charge is 0.490 e. The molecule has 1 aromatic carbocycles. The molecule has 2 aliphatic rings. The summed E-state index contributed by atoms with van der Waals surface area (Å²) in [5.41, 5.74) is 2.95. The van der Waals surface area contributed by atoms with Gasteiger partial charge in [-0.3, -0.25) is 9.20 Å². The van der Waals surface area contributed by atoms with Crippen LogP contribution in [-0.4, -0.2) is 79.8 Å². The lowest BCUT2D eigenvalue weighted by atomic mass is 10.00. The Morgan fingerprint density at radius 2 is 2.02 bits per heavy atom. The fraction of sp³-hybridized carbons (Fsp3) is 0.500. The molecule has 0 saturated carbocycles. The molecule has 1 N–H and O–H groups in total. The lowest BCUT2D eigenvalue weighted by Gasteiger charge is -2.30. The van der Waals surface area contributed by atoms with Crippen LogP contribution in [0.3, 0.4) is 0 Å². The monoisotopic (exact) mass is 591 g/mol. The predicted octanol–water partition coefficient (Wildman–Crippen LogP) is 3.76. The van der Waals surface area contributed by atoms with E-state index in [0.717, 1.165) is 28.3 Å². The van der Waals surface area contributed by atoms with Crippen molar-refractivity contribution in [2.24, 2.45) is 0 Å². The van der Waals surface area contributed by atoms with Gasteiger partial charge >= 0.3 is 10.2 Å². The molecule has 0 spiro atoms. The van der Waals surface area contributed by atoms with Gasteiger partial charge in [-0.2, -0.15) is 12.7 Å². The highest BCUT2D eigenvalue weighted by atomic mass is 32.2. The number of carbonyl (C=O) groups is 1. The number of imidazole rings is 1. The van der Waals surface area contributed by atoms with Crippen LogP contribution in [0, 0.1) is 6.92 Å². The lowest BCUT2D eigenvalue weighted by Crippen LogP contribution is -2.44.